The lowest BCUT2D eigenvalue weighted by atomic mass is 10.1. The van der Waals surface area contributed by atoms with Crippen LogP contribution in [0.5, 0.6) is 5.75 Å². The first-order valence-electron chi connectivity index (χ1n) is 7.89. The number of rotatable bonds is 11. The van der Waals surface area contributed by atoms with Crippen LogP contribution in [-0.2, 0) is 6.54 Å². The second-order valence-electron chi connectivity index (χ2n) is 5.29. The molecule has 1 aromatic rings. The van der Waals surface area contributed by atoms with Crippen molar-refractivity contribution in [2.24, 2.45) is 5.73 Å². The van der Waals surface area contributed by atoms with E-state index < -0.39 is 0 Å². The van der Waals surface area contributed by atoms with E-state index in [1.54, 1.807) is 0 Å². The number of benzene rings is 1. The molecule has 0 unspecified atom stereocenters. The Morgan fingerprint density at radius 3 is 2.25 bits per heavy atom. The average Bonchev–Trinajstić information content (AvgIpc) is 2.47. The van der Waals surface area contributed by atoms with Crippen molar-refractivity contribution in [3.8, 4) is 5.75 Å². The van der Waals surface area contributed by atoms with Crippen molar-refractivity contribution in [1.82, 2.24) is 0 Å². The Morgan fingerprint density at radius 2 is 1.65 bits per heavy atom. The van der Waals surface area contributed by atoms with Gasteiger partial charge in [0.2, 0.25) is 0 Å². The van der Waals surface area contributed by atoms with Crippen LogP contribution in [0.15, 0.2) is 18.2 Å². The van der Waals surface area contributed by atoms with Gasteiger partial charge < -0.3 is 10.5 Å². The van der Waals surface area contributed by atoms with Crippen LogP contribution in [0.2, 0.25) is 5.02 Å². The van der Waals surface area contributed by atoms with Gasteiger partial charge in [0.15, 0.2) is 0 Å². The van der Waals surface area contributed by atoms with Crippen LogP contribution < -0.4 is 10.5 Å². The van der Waals surface area contributed by atoms with Gasteiger partial charge in [-0.25, -0.2) is 0 Å². The van der Waals surface area contributed by atoms with E-state index in [0.29, 0.717) is 11.6 Å². The molecule has 0 radical (unpaired) electrons. The predicted molar refractivity (Wildman–Crippen MR) is 87.4 cm³/mol. The Kier molecular flexibility index (Phi) is 9.52. The molecule has 2 nitrogen and oxygen atoms in total. The fourth-order valence-electron chi connectivity index (χ4n) is 2.21. The first kappa shape index (κ1) is 17.3. The molecule has 1 aromatic carbocycles. The lowest BCUT2D eigenvalue weighted by Gasteiger charge is -2.09. The van der Waals surface area contributed by atoms with Crippen molar-refractivity contribution >= 4 is 11.6 Å². The molecule has 3 heteroatoms. The van der Waals surface area contributed by atoms with Gasteiger partial charge in [-0.05, 0) is 24.1 Å². The van der Waals surface area contributed by atoms with Crippen molar-refractivity contribution in [3.05, 3.63) is 28.8 Å². The van der Waals surface area contributed by atoms with E-state index >= 15 is 0 Å². The predicted octanol–water partition coefficient (Wildman–Crippen LogP) is 5.32. The molecule has 0 spiro atoms. The highest BCUT2D eigenvalue weighted by atomic mass is 35.5. The third-order valence-corrected chi connectivity index (χ3v) is 3.78. The van der Waals surface area contributed by atoms with Crippen molar-refractivity contribution < 1.29 is 4.74 Å². The minimum absolute atomic E-state index is 0.512. The summed E-state index contributed by atoms with van der Waals surface area (Å²) in [4.78, 5) is 0. The second kappa shape index (κ2) is 11.0. The van der Waals surface area contributed by atoms with E-state index in [1.165, 1.54) is 44.9 Å². The summed E-state index contributed by atoms with van der Waals surface area (Å²) in [5, 5.41) is 0.660. The zero-order valence-corrected chi connectivity index (χ0v) is 13.4. The van der Waals surface area contributed by atoms with Crippen molar-refractivity contribution in [1.29, 1.82) is 0 Å². The summed E-state index contributed by atoms with van der Waals surface area (Å²) in [6.07, 6.45) is 10.5. The molecule has 0 fully saturated rings. The van der Waals surface area contributed by atoms with Gasteiger partial charge in [-0.2, -0.15) is 0 Å². The Balaban J connectivity index is 2.06. The van der Waals surface area contributed by atoms with Crippen LogP contribution in [0.25, 0.3) is 0 Å². The van der Waals surface area contributed by atoms with Gasteiger partial charge in [-0.3, -0.25) is 0 Å². The summed E-state index contributed by atoms with van der Waals surface area (Å²) >= 11 is 6.14. The summed E-state index contributed by atoms with van der Waals surface area (Å²) in [5.41, 5.74) is 6.60. The van der Waals surface area contributed by atoms with E-state index in [4.69, 9.17) is 22.1 Å². The second-order valence-corrected chi connectivity index (χ2v) is 5.70. The summed E-state index contributed by atoms with van der Waals surface area (Å²) in [5.74, 6) is 0.770. The first-order chi connectivity index (χ1) is 9.77. The Bertz CT molecular complexity index is 368. The Morgan fingerprint density at radius 1 is 1.00 bits per heavy atom. The molecular formula is C17H28ClNO. The molecule has 2 N–H and O–H groups in total. The van der Waals surface area contributed by atoms with Gasteiger partial charge in [-0.1, -0.05) is 69.5 Å². The summed E-state index contributed by atoms with van der Waals surface area (Å²) in [7, 11) is 0. The number of ether oxygens (including phenoxy) is 1. The molecule has 0 saturated carbocycles. The maximum Gasteiger partial charge on any atom is 0.137 e. The van der Waals surface area contributed by atoms with E-state index in [0.717, 1.165) is 24.3 Å². The third-order valence-electron chi connectivity index (χ3n) is 3.49. The van der Waals surface area contributed by atoms with Crippen molar-refractivity contribution in [3.63, 3.8) is 0 Å². The molecule has 0 aliphatic carbocycles. The lowest BCUT2D eigenvalue weighted by molar-refractivity contribution is 0.304. The van der Waals surface area contributed by atoms with E-state index in [1.807, 2.05) is 18.2 Å². The quantitative estimate of drug-likeness (QED) is 0.561. The van der Waals surface area contributed by atoms with Gasteiger partial charge in [-0.15, -0.1) is 0 Å². The molecule has 0 bridgehead atoms. The van der Waals surface area contributed by atoms with E-state index in [2.05, 4.69) is 6.92 Å². The maximum absolute atomic E-state index is 6.14. The minimum atomic E-state index is 0.512. The normalized spacial score (nSPS) is 10.8. The molecule has 0 aromatic heterocycles. The molecule has 1 rings (SSSR count). The highest BCUT2D eigenvalue weighted by molar-refractivity contribution is 6.32. The number of nitrogens with two attached hydrogens (primary N) is 1. The van der Waals surface area contributed by atoms with Crippen molar-refractivity contribution in [2.75, 3.05) is 6.61 Å². The molecule has 0 heterocycles. The summed E-state index contributed by atoms with van der Waals surface area (Å²) in [6, 6.07) is 5.76. The molecule has 20 heavy (non-hydrogen) atoms. The van der Waals surface area contributed by atoms with Crippen LogP contribution in [0, 0.1) is 0 Å². The van der Waals surface area contributed by atoms with Crippen LogP contribution in [0.4, 0.5) is 0 Å². The number of hydrogen-bond donors (Lipinski definition) is 1. The minimum Gasteiger partial charge on any atom is -0.492 e. The molecule has 0 aliphatic heterocycles. The topological polar surface area (TPSA) is 35.2 Å². The largest absolute Gasteiger partial charge is 0.492 e. The molecule has 0 saturated heterocycles. The molecule has 0 atom stereocenters. The zero-order chi connectivity index (χ0) is 14.6. The first-order valence-corrected chi connectivity index (χ1v) is 8.27. The highest BCUT2D eigenvalue weighted by Gasteiger charge is 2.02. The van der Waals surface area contributed by atoms with Gasteiger partial charge in [0.1, 0.15) is 5.75 Å². The summed E-state index contributed by atoms with van der Waals surface area (Å²) in [6.45, 7) is 3.51. The number of halogens is 1. The zero-order valence-electron chi connectivity index (χ0n) is 12.7. The van der Waals surface area contributed by atoms with E-state index in [-0.39, 0.29) is 0 Å². The van der Waals surface area contributed by atoms with Gasteiger partial charge in [0.05, 0.1) is 11.6 Å². The maximum atomic E-state index is 6.14. The van der Waals surface area contributed by atoms with Crippen LogP contribution in [0.1, 0.15) is 63.9 Å². The van der Waals surface area contributed by atoms with Crippen LogP contribution >= 0.6 is 11.6 Å². The SMILES string of the molecule is CCCCCCCCCCOc1ccc(CN)cc1Cl. The number of hydrogen-bond acceptors (Lipinski definition) is 2. The highest BCUT2D eigenvalue weighted by Crippen LogP contribution is 2.25. The monoisotopic (exact) mass is 297 g/mol. The standard InChI is InChI=1S/C17H28ClNO/c1-2-3-4-5-6-7-8-9-12-20-17-11-10-15(14-19)13-16(17)18/h10-11,13H,2-9,12,14,19H2,1H3. The van der Waals surface area contributed by atoms with Crippen LogP contribution in [-0.4, -0.2) is 6.61 Å². The fraction of sp³-hybridized carbons (Fsp3) is 0.647. The van der Waals surface area contributed by atoms with Gasteiger partial charge >= 0.3 is 0 Å². The smallest absolute Gasteiger partial charge is 0.137 e. The van der Waals surface area contributed by atoms with Crippen molar-refractivity contribution in [2.45, 2.75) is 64.8 Å². The Hall–Kier alpha value is -0.730. The number of unbranched alkanes of at least 4 members (excludes halogenated alkanes) is 7. The van der Waals surface area contributed by atoms with E-state index in [9.17, 15) is 0 Å². The third kappa shape index (κ3) is 7.16. The average molecular weight is 298 g/mol. The van der Waals surface area contributed by atoms with Gasteiger partial charge in [0.25, 0.3) is 0 Å². The lowest BCUT2D eigenvalue weighted by Crippen LogP contribution is -2.00. The molecule has 0 aliphatic rings. The van der Waals surface area contributed by atoms with Crippen LogP contribution in [0.3, 0.4) is 0 Å². The Labute approximate surface area is 128 Å². The summed E-state index contributed by atoms with van der Waals surface area (Å²) < 4.78 is 5.71. The fourth-order valence-corrected chi connectivity index (χ4v) is 2.46. The molecular weight excluding hydrogens is 270 g/mol. The van der Waals surface area contributed by atoms with Gasteiger partial charge in [0, 0.05) is 6.54 Å². The molecule has 114 valence electrons. The molecule has 0 amide bonds.